The molecule has 0 aliphatic carbocycles. The number of nitrogens with zero attached hydrogens (tertiary/aromatic N) is 2. The van der Waals surface area contributed by atoms with Gasteiger partial charge in [0, 0.05) is 5.56 Å². The van der Waals surface area contributed by atoms with E-state index < -0.39 is 0 Å². The van der Waals surface area contributed by atoms with E-state index in [2.05, 4.69) is 66.5 Å². The van der Waals surface area contributed by atoms with E-state index in [4.69, 9.17) is 9.84 Å². The molecule has 0 spiro atoms. The summed E-state index contributed by atoms with van der Waals surface area (Å²) in [6.45, 7) is 8.18. The monoisotopic (exact) mass is 388 g/mol. The van der Waals surface area contributed by atoms with Crippen molar-refractivity contribution in [1.82, 2.24) is 5.01 Å². The molecule has 0 bridgehead atoms. The van der Waals surface area contributed by atoms with Crippen molar-refractivity contribution >= 4 is 17.0 Å². The van der Waals surface area contributed by atoms with Gasteiger partial charge >= 0.3 is 0 Å². The minimum Gasteiger partial charge on any atom is -0.494 e. The van der Waals surface area contributed by atoms with Crippen LogP contribution in [0.1, 0.15) is 24.5 Å². The van der Waals surface area contributed by atoms with Gasteiger partial charge in [0.1, 0.15) is 12.3 Å². The summed E-state index contributed by atoms with van der Waals surface area (Å²) in [5.74, 6) is 0.926. The molecule has 0 amide bonds. The van der Waals surface area contributed by atoms with E-state index in [0.717, 1.165) is 57.1 Å². The third-order valence-electron chi connectivity index (χ3n) is 5.49. The van der Waals surface area contributed by atoms with Crippen molar-refractivity contribution in [1.29, 1.82) is 0 Å². The van der Waals surface area contributed by atoms with Crippen molar-refractivity contribution in [3.8, 4) is 5.75 Å². The van der Waals surface area contributed by atoms with Gasteiger partial charge in [-0.15, -0.1) is 0 Å². The maximum Gasteiger partial charge on any atom is 0.119 e. The summed E-state index contributed by atoms with van der Waals surface area (Å²) in [6.07, 6.45) is 2.98. The summed E-state index contributed by atoms with van der Waals surface area (Å²) >= 11 is 0. The summed E-state index contributed by atoms with van der Waals surface area (Å²) < 4.78 is 5.63. The third-order valence-corrected chi connectivity index (χ3v) is 5.49. The van der Waals surface area contributed by atoms with E-state index in [0.29, 0.717) is 0 Å². The fraction of sp³-hybridized carbons (Fsp3) is 0.320. The molecule has 0 radical (unpaired) electrons. The largest absolute Gasteiger partial charge is 0.494 e. The first-order chi connectivity index (χ1) is 14.3. The van der Waals surface area contributed by atoms with Crippen molar-refractivity contribution in [2.75, 3.05) is 32.8 Å². The van der Waals surface area contributed by atoms with E-state index in [1.807, 2.05) is 18.3 Å². The number of piperazine rings is 1. The molecule has 4 rings (SSSR count). The molecule has 1 aliphatic heterocycles. The molecule has 0 saturated carbocycles. The number of benzene rings is 3. The second-order valence-electron chi connectivity index (χ2n) is 7.68. The minimum atomic E-state index is 0.763. The lowest BCUT2D eigenvalue weighted by Crippen LogP contribution is -3.13. The number of hydrogen-bond donors (Lipinski definition) is 1. The Bertz CT molecular complexity index is 938. The Balaban J connectivity index is 1.29. The molecule has 1 saturated heterocycles. The van der Waals surface area contributed by atoms with Crippen LogP contribution in [0.15, 0.2) is 71.8 Å². The van der Waals surface area contributed by atoms with E-state index in [9.17, 15) is 0 Å². The molecule has 0 unspecified atom stereocenters. The zero-order valence-corrected chi connectivity index (χ0v) is 17.2. The van der Waals surface area contributed by atoms with Gasteiger partial charge in [0.25, 0.3) is 0 Å². The molecule has 0 aromatic heterocycles. The Morgan fingerprint density at radius 3 is 2.52 bits per heavy atom. The van der Waals surface area contributed by atoms with Crippen LogP contribution in [-0.2, 0) is 6.54 Å². The lowest BCUT2D eigenvalue weighted by molar-refractivity contribution is -0.918. The van der Waals surface area contributed by atoms with Gasteiger partial charge in [-0.1, -0.05) is 49.4 Å². The number of hydrogen-bond acceptors (Lipinski definition) is 3. The molecule has 0 atom stereocenters. The number of nitrogens with one attached hydrogen (secondary N) is 1. The molecule has 4 nitrogen and oxygen atoms in total. The van der Waals surface area contributed by atoms with Crippen LogP contribution < -0.4 is 9.64 Å². The molecule has 29 heavy (non-hydrogen) atoms. The average molecular weight is 389 g/mol. The molecular formula is C25H30N3O+. The van der Waals surface area contributed by atoms with Crippen LogP contribution in [0.5, 0.6) is 5.75 Å². The number of fused-ring (bicyclic) bond motifs is 1. The molecule has 4 heteroatoms. The van der Waals surface area contributed by atoms with Gasteiger partial charge in [-0.25, -0.2) is 0 Å². The standard InChI is InChI=1S/C25H29N3O/c1-2-18-29-24-12-10-21(11-13-24)19-26-28-16-14-27(15-17-28)20-23-8-5-7-22-6-3-4-9-25(22)23/h3-13,19H,2,14-18,20H2,1H3/p+1/b26-19-. The highest BCUT2D eigenvalue weighted by Gasteiger charge is 2.19. The molecule has 3 aromatic rings. The molecular weight excluding hydrogens is 358 g/mol. The lowest BCUT2D eigenvalue weighted by atomic mass is 10.0. The Hall–Kier alpha value is -2.85. The van der Waals surface area contributed by atoms with Crippen molar-refractivity contribution < 1.29 is 9.64 Å². The van der Waals surface area contributed by atoms with Crippen LogP contribution in [-0.4, -0.2) is 44.0 Å². The van der Waals surface area contributed by atoms with Gasteiger partial charge in [0.15, 0.2) is 0 Å². The number of hydrazone groups is 1. The Labute approximate surface area is 173 Å². The van der Waals surface area contributed by atoms with Crippen LogP contribution in [0.3, 0.4) is 0 Å². The first-order valence-corrected chi connectivity index (χ1v) is 10.6. The lowest BCUT2D eigenvalue weighted by Gasteiger charge is -2.30. The smallest absolute Gasteiger partial charge is 0.119 e. The zero-order chi connectivity index (χ0) is 19.9. The summed E-state index contributed by atoms with van der Waals surface area (Å²) in [6, 6.07) is 23.5. The highest BCUT2D eigenvalue weighted by Crippen LogP contribution is 2.17. The van der Waals surface area contributed by atoms with Crippen LogP contribution in [0.4, 0.5) is 0 Å². The second-order valence-corrected chi connectivity index (χ2v) is 7.68. The zero-order valence-electron chi connectivity index (χ0n) is 17.2. The van der Waals surface area contributed by atoms with E-state index in [1.165, 1.54) is 16.3 Å². The van der Waals surface area contributed by atoms with Crippen molar-refractivity contribution in [2.45, 2.75) is 19.9 Å². The Morgan fingerprint density at radius 2 is 1.72 bits per heavy atom. The third kappa shape index (κ3) is 5.15. The van der Waals surface area contributed by atoms with Gasteiger partial charge in [-0.3, -0.25) is 5.01 Å². The van der Waals surface area contributed by atoms with E-state index in [-0.39, 0.29) is 0 Å². The van der Waals surface area contributed by atoms with Gasteiger partial charge in [-0.05, 0) is 47.0 Å². The number of rotatable bonds is 7. The van der Waals surface area contributed by atoms with Gasteiger partial charge in [0.05, 0.1) is 39.0 Å². The Kier molecular flexibility index (Phi) is 6.42. The first-order valence-electron chi connectivity index (χ1n) is 10.6. The SMILES string of the molecule is CCCOc1ccc(/C=N\N2CC[NH+](Cc3cccc4ccccc34)CC2)cc1. The molecule has 1 fully saturated rings. The fourth-order valence-electron chi connectivity index (χ4n) is 3.84. The minimum absolute atomic E-state index is 0.763. The molecule has 3 aromatic carbocycles. The fourth-order valence-corrected chi connectivity index (χ4v) is 3.84. The number of ether oxygens (including phenoxy) is 1. The molecule has 1 N–H and O–H groups in total. The van der Waals surface area contributed by atoms with Crippen LogP contribution in [0.2, 0.25) is 0 Å². The maximum atomic E-state index is 5.63. The summed E-state index contributed by atoms with van der Waals surface area (Å²) in [4.78, 5) is 1.63. The van der Waals surface area contributed by atoms with Gasteiger partial charge < -0.3 is 9.64 Å². The second kappa shape index (κ2) is 9.57. The summed E-state index contributed by atoms with van der Waals surface area (Å²) in [7, 11) is 0. The highest BCUT2D eigenvalue weighted by atomic mass is 16.5. The molecule has 1 heterocycles. The summed E-state index contributed by atoms with van der Waals surface area (Å²) in [5.41, 5.74) is 2.56. The van der Waals surface area contributed by atoms with Gasteiger partial charge in [-0.2, -0.15) is 5.10 Å². The topological polar surface area (TPSA) is 29.3 Å². The predicted molar refractivity (Wildman–Crippen MR) is 120 cm³/mol. The maximum absolute atomic E-state index is 5.63. The van der Waals surface area contributed by atoms with Crippen molar-refractivity contribution in [3.63, 3.8) is 0 Å². The Morgan fingerprint density at radius 1 is 0.966 bits per heavy atom. The van der Waals surface area contributed by atoms with Gasteiger partial charge in [0.2, 0.25) is 0 Å². The van der Waals surface area contributed by atoms with Crippen molar-refractivity contribution in [3.05, 3.63) is 77.9 Å². The predicted octanol–water partition coefficient (Wildman–Crippen LogP) is 3.36. The van der Waals surface area contributed by atoms with E-state index in [1.54, 1.807) is 4.90 Å². The molecule has 1 aliphatic rings. The van der Waals surface area contributed by atoms with Crippen LogP contribution in [0.25, 0.3) is 10.8 Å². The van der Waals surface area contributed by atoms with Crippen LogP contribution in [0, 0.1) is 0 Å². The normalized spacial score (nSPS) is 15.3. The highest BCUT2D eigenvalue weighted by molar-refractivity contribution is 5.85. The van der Waals surface area contributed by atoms with Crippen molar-refractivity contribution in [2.24, 2.45) is 5.10 Å². The molecule has 150 valence electrons. The quantitative estimate of drug-likeness (QED) is 0.629. The average Bonchev–Trinajstić information content (AvgIpc) is 2.78. The van der Waals surface area contributed by atoms with Crippen LogP contribution >= 0.6 is 0 Å². The van der Waals surface area contributed by atoms with E-state index >= 15 is 0 Å². The number of quaternary nitrogens is 1. The first kappa shape index (κ1) is 19.5. The summed E-state index contributed by atoms with van der Waals surface area (Å²) in [5, 5.41) is 9.60.